The van der Waals surface area contributed by atoms with Gasteiger partial charge in [0.1, 0.15) is 0 Å². The van der Waals surface area contributed by atoms with Crippen molar-refractivity contribution in [3.63, 3.8) is 0 Å². The Bertz CT molecular complexity index is 327. The molecule has 1 aromatic rings. The minimum Gasteiger partial charge on any atom is -0.371 e. The molecule has 0 amide bonds. The van der Waals surface area contributed by atoms with Crippen LogP contribution in [0.25, 0.3) is 0 Å². The van der Waals surface area contributed by atoms with Gasteiger partial charge in [-0.15, -0.1) is 0 Å². The highest BCUT2D eigenvalue weighted by atomic mass is 15.1. The van der Waals surface area contributed by atoms with Crippen LogP contribution in [0.5, 0.6) is 0 Å². The van der Waals surface area contributed by atoms with Gasteiger partial charge in [0.25, 0.3) is 0 Å². The van der Waals surface area contributed by atoms with Gasteiger partial charge in [-0.25, -0.2) is 0 Å². The van der Waals surface area contributed by atoms with E-state index in [0.29, 0.717) is 0 Å². The lowest BCUT2D eigenvalue weighted by atomic mass is 10.0. The van der Waals surface area contributed by atoms with E-state index in [1.165, 1.54) is 56.4 Å². The van der Waals surface area contributed by atoms with Crippen LogP contribution < -0.4 is 10.6 Å². The number of anilines is 1. The van der Waals surface area contributed by atoms with Crippen LogP contribution in [0.1, 0.15) is 37.7 Å². The van der Waals surface area contributed by atoms with E-state index in [2.05, 4.69) is 29.2 Å². The predicted octanol–water partition coefficient (Wildman–Crippen LogP) is 2.96. The molecule has 0 aliphatic carbocycles. The Kier molecular flexibility index (Phi) is 4.87. The molecular formula is C15H24N2. The second kappa shape index (κ2) is 6.65. The molecule has 0 aromatic heterocycles. The molecule has 0 atom stereocenters. The van der Waals surface area contributed by atoms with Crippen molar-refractivity contribution < 1.29 is 0 Å². The third-order valence-electron chi connectivity index (χ3n) is 3.60. The molecule has 17 heavy (non-hydrogen) atoms. The largest absolute Gasteiger partial charge is 0.371 e. The number of nitrogens with two attached hydrogens (primary N) is 1. The van der Waals surface area contributed by atoms with Gasteiger partial charge in [0, 0.05) is 18.8 Å². The predicted molar refractivity (Wildman–Crippen MR) is 74.5 cm³/mol. The molecule has 0 radical (unpaired) electrons. The minimum atomic E-state index is 0.741. The lowest BCUT2D eigenvalue weighted by Crippen LogP contribution is -2.28. The van der Waals surface area contributed by atoms with Gasteiger partial charge in [-0.3, -0.25) is 0 Å². The first-order valence-corrected chi connectivity index (χ1v) is 6.95. The summed E-state index contributed by atoms with van der Waals surface area (Å²) in [6.45, 7) is 3.16. The SMILES string of the molecule is NCCc1ccccc1N1CCCCCCC1. The van der Waals surface area contributed by atoms with Crippen LogP contribution in [0, 0.1) is 0 Å². The van der Waals surface area contributed by atoms with Crippen molar-refractivity contribution in [1.82, 2.24) is 0 Å². The average Bonchev–Trinajstić information content (AvgIpc) is 2.30. The van der Waals surface area contributed by atoms with Crippen molar-refractivity contribution >= 4 is 5.69 Å². The summed E-state index contributed by atoms with van der Waals surface area (Å²) in [5.74, 6) is 0. The lowest BCUT2D eigenvalue weighted by Gasteiger charge is -2.28. The summed E-state index contributed by atoms with van der Waals surface area (Å²) in [6.07, 6.45) is 7.84. The molecule has 1 aliphatic heterocycles. The molecule has 1 heterocycles. The summed E-state index contributed by atoms with van der Waals surface area (Å²) in [5, 5.41) is 0. The smallest absolute Gasteiger partial charge is 0.0399 e. The quantitative estimate of drug-likeness (QED) is 0.868. The van der Waals surface area contributed by atoms with Gasteiger partial charge in [-0.05, 0) is 37.4 Å². The number of benzene rings is 1. The van der Waals surface area contributed by atoms with Gasteiger partial charge in [-0.2, -0.15) is 0 Å². The maximum absolute atomic E-state index is 5.70. The van der Waals surface area contributed by atoms with Crippen molar-refractivity contribution in [1.29, 1.82) is 0 Å². The van der Waals surface area contributed by atoms with Crippen LogP contribution >= 0.6 is 0 Å². The highest BCUT2D eigenvalue weighted by Crippen LogP contribution is 2.23. The van der Waals surface area contributed by atoms with Crippen molar-refractivity contribution in [2.24, 2.45) is 5.73 Å². The number of para-hydroxylation sites is 1. The Balaban J connectivity index is 2.12. The van der Waals surface area contributed by atoms with Crippen molar-refractivity contribution in [3.05, 3.63) is 29.8 Å². The maximum Gasteiger partial charge on any atom is 0.0399 e. The third kappa shape index (κ3) is 3.47. The molecule has 94 valence electrons. The summed E-state index contributed by atoms with van der Waals surface area (Å²) in [5.41, 5.74) is 8.53. The van der Waals surface area contributed by atoms with Gasteiger partial charge in [-0.1, -0.05) is 37.5 Å². The summed E-state index contributed by atoms with van der Waals surface area (Å²) >= 11 is 0. The number of rotatable bonds is 3. The van der Waals surface area contributed by atoms with Crippen LogP contribution in [0.4, 0.5) is 5.69 Å². The van der Waals surface area contributed by atoms with Crippen LogP contribution in [0.15, 0.2) is 24.3 Å². The standard InChI is InChI=1S/C15H24N2/c16-11-10-14-8-4-5-9-15(14)17-12-6-2-1-3-7-13-17/h4-5,8-9H,1-3,6-7,10-13,16H2. The molecular weight excluding hydrogens is 208 g/mol. The van der Waals surface area contributed by atoms with E-state index in [4.69, 9.17) is 5.73 Å². The molecule has 0 spiro atoms. The first kappa shape index (κ1) is 12.4. The molecule has 1 fully saturated rings. The van der Waals surface area contributed by atoms with E-state index in [-0.39, 0.29) is 0 Å². The van der Waals surface area contributed by atoms with E-state index >= 15 is 0 Å². The highest BCUT2D eigenvalue weighted by molar-refractivity contribution is 5.53. The molecule has 1 saturated heterocycles. The topological polar surface area (TPSA) is 29.3 Å². The number of nitrogens with zero attached hydrogens (tertiary/aromatic N) is 1. The van der Waals surface area contributed by atoms with Crippen molar-refractivity contribution in [2.45, 2.75) is 38.5 Å². The van der Waals surface area contributed by atoms with E-state index in [1.807, 2.05) is 0 Å². The molecule has 2 nitrogen and oxygen atoms in total. The van der Waals surface area contributed by atoms with Crippen LogP contribution in [0.3, 0.4) is 0 Å². The zero-order valence-corrected chi connectivity index (χ0v) is 10.7. The van der Waals surface area contributed by atoms with E-state index < -0.39 is 0 Å². The molecule has 0 bridgehead atoms. The minimum absolute atomic E-state index is 0.741. The zero-order valence-electron chi connectivity index (χ0n) is 10.7. The lowest BCUT2D eigenvalue weighted by molar-refractivity contribution is 0.555. The monoisotopic (exact) mass is 232 g/mol. The Morgan fingerprint density at radius 1 is 0.941 bits per heavy atom. The summed E-state index contributed by atoms with van der Waals surface area (Å²) in [7, 11) is 0. The van der Waals surface area contributed by atoms with E-state index in [0.717, 1.165) is 13.0 Å². The van der Waals surface area contributed by atoms with Crippen LogP contribution in [-0.2, 0) is 6.42 Å². The molecule has 2 heteroatoms. The Morgan fingerprint density at radius 2 is 1.59 bits per heavy atom. The second-order valence-corrected chi connectivity index (χ2v) is 4.92. The fourth-order valence-electron chi connectivity index (χ4n) is 2.67. The highest BCUT2D eigenvalue weighted by Gasteiger charge is 2.11. The maximum atomic E-state index is 5.70. The molecule has 1 aromatic carbocycles. The normalized spacial score (nSPS) is 17.6. The first-order valence-electron chi connectivity index (χ1n) is 6.95. The van der Waals surface area contributed by atoms with Crippen molar-refractivity contribution in [2.75, 3.05) is 24.5 Å². The molecule has 2 N–H and O–H groups in total. The molecule has 0 saturated carbocycles. The summed E-state index contributed by atoms with van der Waals surface area (Å²) in [6, 6.07) is 8.75. The molecule has 1 aliphatic rings. The zero-order chi connectivity index (χ0) is 11.9. The second-order valence-electron chi connectivity index (χ2n) is 4.92. The summed E-state index contributed by atoms with van der Waals surface area (Å²) in [4.78, 5) is 2.56. The van der Waals surface area contributed by atoms with Crippen molar-refractivity contribution in [3.8, 4) is 0 Å². The fraction of sp³-hybridized carbons (Fsp3) is 0.600. The number of hydrogen-bond donors (Lipinski definition) is 1. The van der Waals surface area contributed by atoms with Gasteiger partial charge in [0.05, 0.1) is 0 Å². The van der Waals surface area contributed by atoms with E-state index in [9.17, 15) is 0 Å². The van der Waals surface area contributed by atoms with Gasteiger partial charge in [0.2, 0.25) is 0 Å². The van der Waals surface area contributed by atoms with Gasteiger partial charge in [0.15, 0.2) is 0 Å². The average molecular weight is 232 g/mol. The molecule has 0 unspecified atom stereocenters. The van der Waals surface area contributed by atoms with Gasteiger partial charge < -0.3 is 10.6 Å². The van der Waals surface area contributed by atoms with E-state index in [1.54, 1.807) is 0 Å². The Morgan fingerprint density at radius 3 is 2.29 bits per heavy atom. The summed E-state index contributed by atoms with van der Waals surface area (Å²) < 4.78 is 0. The Hall–Kier alpha value is -1.02. The van der Waals surface area contributed by atoms with Crippen LogP contribution in [0.2, 0.25) is 0 Å². The van der Waals surface area contributed by atoms with Crippen LogP contribution in [-0.4, -0.2) is 19.6 Å². The third-order valence-corrected chi connectivity index (χ3v) is 3.60. The Labute approximate surface area is 105 Å². The first-order chi connectivity index (χ1) is 8.42. The fourth-order valence-corrected chi connectivity index (χ4v) is 2.67. The molecule has 2 rings (SSSR count). The van der Waals surface area contributed by atoms with Gasteiger partial charge >= 0.3 is 0 Å². The number of hydrogen-bond acceptors (Lipinski definition) is 2.